The van der Waals surface area contributed by atoms with Gasteiger partial charge in [-0.15, -0.1) is 11.3 Å². The highest BCUT2D eigenvalue weighted by Gasteiger charge is 2.07. The third-order valence-electron chi connectivity index (χ3n) is 2.07. The lowest BCUT2D eigenvalue weighted by molar-refractivity contribution is 0.942. The molecule has 1 aliphatic rings. The summed E-state index contributed by atoms with van der Waals surface area (Å²) in [5.74, 6) is 2.52. The Morgan fingerprint density at radius 1 is 1.53 bits per heavy atom. The number of nitriles is 1. The molecule has 0 saturated carbocycles. The van der Waals surface area contributed by atoms with Crippen molar-refractivity contribution in [3.05, 3.63) is 11.1 Å². The normalized spacial score (nSPS) is 13.9. The van der Waals surface area contributed by atoms with E-state index in [0.29, 0.717) is 6.42 Å². The molecule has 1 aromatic heterocycles. The lowest BCUT2D eigenvalue weighted by Gasteiger charge is -1.95. The maximum absolute atomic E-state index is 8.42. The topological polar surface area (TPSA) is 73.1 Å². The summed E-state index contributed by atoms with van der Waals surface area (Å²) < 4.78 is 0. The van der Waals surface area contributed by atoms with E-state index in [-0.39, 0.29) is 0 Å². The van der Waals surface area contributed by atoms with Gasteiger partial charge in [-0.05, 0) is 0 Å². The minimum Gasteiger partial charge on any atom is -0.354 e. The van der Waals surface area contributed by atoms with Crippen molar-refractivity contribution in [2.45, 2.75) is 12.2 Å². The minimum absolute atomic E-state index is 0.595. The molecule has 90 valence electrons. The van der Waals surface area contributed by atoms with Crippen molar-refractivity contribution in [1.82, 2.24) is 15.6 Å². The van der Waals surface area contributed by atoms with Crippen LogP contribution in [0.5, 0.6) is 0 Å². The second kappa shape index (κ2) is 6.47. The zero-order valence-electron chi connectivity index (χ0n) is 9.27. The molecule has 0 bridgehead atoms. The maximum Gasteiger partial charge on any atom is 0.212 e. The van der Waals surface area contributed by atoms with E-state index < -0.39 is 0 Å². The average Bonchev–Trinajstić information content (AvgIpc) is 2.97. The summed E-state index contributed by atoms with van der Waals surface area (Å²) >= 11 is 3.27. The smallest absolute Gasteiger partial charge is 0.212 e. The van der Waals surface area contributed by atoms with E-state index in [1.165, 1.54) is 0 Å². The Bertz CT molecular complexity index is 426. The Labute approximate surface area is 108 Å². The molecule has 0 radical (unpaired) electrons. The molecule has 0 aromatic carbocycles. The molecule has 5 nitrogen and oxygen atoms in total. The van der Waals surface area contributed by atoms with Crippen LogP contribution in [-0.4, -0.2) is 29.8 Å². The van der Waals surface area contributed by atoms with Crippen molar-refractivity contribution in [2.75, 3.05) is 18.8 Å². The summed E-state index contributed by atoms with van der Waals surface area (Å²) in [4.78, 5) is 8.78. The largest absolute Gasteiger partial charge is 0.354 e. The molecular weight excluding hydrogens is 254 g/mol. The Hall–Kier alpha value is -1.26. The fourth-order valence-corrected chi connectivity index (χ4v) is 2.84. The number of hydrogen-bond donors (Lipinski definition) is 2. The number of aliphatic imine (C=N–C) groups is 1. The van der Waals surface area contributed by atoms with Crippen LogP contribution in [-0.2, 0) is 5.75 Å². The minimum atomic E-state index is 0.595. The molecule has 2 rings (SSSR count). The van der Waals surface area contributed by atoms with E-state index in [2.05, 4.69) is 26.7 Å². The summed E-state index contributed by atoms with van der Waals surface area (Å²) in [6.45, 7) is 1.84. The molecule has 0 amide bonds. The van der Waals surface area contributed by atoms with Gasteiger partial charge < -0.3 is 10.6 Å². The Kier molecular flexibility index (Phi) is 4.64. The van der Waals surface area contributed by atoms with E-state index in [9.17, 15) is 0 Å². The van der Waals surface area contributed by atoms with Crippen LogP contribution in [0, 0.1) is 11.3 Å². The SMILES string of the molecule is N#CCCSCc1csc(N=C2NCCN2)n1. The lowest BCUT2D eigenvalue weighted by Crippen LogP contribution is -2.23. The fourth-order valence-electron chi connectivity index (χ4n) is 1.31. The summed E-state index contributed by atoms with van der Waals surface area (Å²) in [5.41, 5.74) is 1.04. The molecule has 0 aliphatic carbocycles. The molecule has 0 spiro atoms. The summed E-state index contributed by atoms with van der Waals surface area (Å²) in [6.07, 6.45) is 0.595. The van der Waals surface area contributed by atoms with E-state index in [4.69, 9.17) is 5.26 Å². The van der Waals surface area contributed by atoms with E-state index in [1.807, 2.05) is 5.38 Å². The van der Waals surface area contributed by atoms with Gasteiger partial charge >= 0.3 is 0 Å². The van der Waals surface area contributed by atoms with Gasteiger partial charge in [0.1, 0.15) is 0 Å². The molecule has 0 unspecified atom stereocenters. The molecule has 1 saturated heterocycles. The Morgan fingerprint density at radius 2 is 2.35 bits per heavy atom. The highest BCUT2D eigenvalue weighted by Crippen LogP contribution is 2.22. The van der Waals surface area contributed by atoms with Gasteiger partial charge in [0.25, 0.3) is 0 Å². The second-order valence-corrected chi connectivity index (χ2v) is 5.34. The van der Waals surface area contributed by atoms with Crippen molar-refractivity contribution in [2.24, 2.45) is 4.99 Å². The predicted molar refractivity (Wildman–Crippen MR) is 71.6 cm³/mol. The summed E-state index contributed by atoms with van der Waals surface area (Å²) in [5, 5.41) is 17.5. The standard InChI is InChI=1S/C10H13N5S2/c11-2-1-5-16-6-8-7-17-10(14-8)15-9-12-3-4-13-9/h7H,1,3-6H2,(H2,12,13,14,15). The van der Waals surface area contributed by atoms with E-state index in [1.54, 1.807) is 23.1 Å². The number of hydrogen-bond acceptors (Lipinski definition) is 5. The van der Waals surface area contributed by atoms with Crippen LogP contribution in [0.2, 0.25) is 0 Å². The van der Waals surface area contributed by atoms with Crippen molar-refractivity contribution < 1.29 is 0 Å². The lowest BCUT2D eigenvalue weighted by atomic mass is 10.6. The predicted octanol–water partition coefficient (Wildman–Crippen LogP) is 1.47. The number of guanidine groups is 1. The number of nitrogens with zero attached hydrogens (tertiary/aromatic N) is 3. The van der Waals surface area contributed by atoms with Crippen LogP contribution in [0.1, 0.15) is 12.1 Å². The van der Waals surface area contributed by atoms with Crippen LogP contribution in [0.3, 0.4) is 0 Å². The molecule has 1 fully saturated rings. The highest BCUT2D eigenvalue weighted by molar-refractivity contribution is 7.98. The van der Waals surface area contributed by atoms with Crippen LogP contribution in [0.15, 0.2) is 10.4 Å². The maximum atomic E-state index is 8.42. The Morgan fingerprint density at radius 3 is 3.12 bits per heavy atom. The van der Waals surface area contributed by atoms with Crippen molar-refractivity contribution >= 4 is 34.2 Å². The highest BCUT2D eigenvalue weighted by atomic mass is 32.2. The van der Waals surface area contributed by atoms with Crippen molar-refractivity contribution in [1.29, 1.82) is 5.26 Å². The molecular formula is C10H13N5S2. The van der Waals surface area contributed by atoms with Gasteiger partial charge in [0, 0.05) is 36.4 Å². The fraction of sp³-hybridized carbons (Fsp3) is 0.500. The molecule has 1 aromatic rings. The molecule has 17 heavy (non-hydrogen) atoms. The molecule has 2 heterocycles. The van der Waals surface area contributed by atoms with Crippen LogP contribution < -0.4 is 10.6 Å². The van der Waals surface area contributed by atoms with Gasteiger partial charge in [0.2, 0.25) is 5.13 Å². The first-order chi connectivity index (χ1) is 8.38. The zero-order valence-corrected chi connectivity index (χ0v) is 10.9. The number of rotatable bonds is 5. The second-order valence-electron chi connectivity index (χ2n) is 3.40. The molecule has 2 N–H and O–H groups in total. The van der Waals surface area contributed by atoms with Crippen LogP contribution >= 0.6 is 23.1 Å². The molecule has 7 heteroatoms. The monoisotopic (exact) mass is 267 g/mol. The summed E-state index contributed by atoms with van der Waals surface area (Å²) in [7, 11) is 0. The van der Waals surface area contributed by atoms with Gasteiger partial charge in [0.05, 0.1) is 11.8 Å². The number of thioether (sulfide) groups is 1. The average molecular weight is 267 g/mol. The third-order valence-corrected chi connectivity index (χ3v) is 3.84. The van der Waals surface area contributed by atoms with Crippen molar-refractivity contribution in [3.8, 4) is 6.07 Å². The van der Waals surface area contributed by atoms with Gasteiger partial charge in [-0.3, -0.25) is 0 Å². The van der Waals surface area contributed by atoms with Crippen molar-refractivity contribution in [3.63, 3.8) is 0 Å². The van der Waals surface area contributed by atoms with E-state index in [0.717, 1.165) is 41.4 Å². The van der Waals surface area contributed by atoms with Gasteiger partial charge in [-0.25, -0.2) is 4.98 Å². The van der Waals surface area contributed by atoms with Gasteiger partial charge in [0.15, 0.2) is 5.96 Å². The number of aromatic nitrogens is 1. The molecule has 1 aliphatic heterocycles. The number of thiazole rings is 1. The summed E-state index contributed by atoms with van der Waals surface area (Å²) in [6, 6.07) is 2.13. The quantitative estimate of drug-likeness (QED) is 0.790. The number of nitrogens with one attached hydrogen (secondary N) is 2. The van der Waals surface area contributed by atoms with Gasteiger partial charge in [-0.2, -0.15) is 22.0 Å². The third kappa shape index (κ3) is 3.91. The van der Waals surface area contributed by atoms with Gasteiger partial charge in [-0.1, -0.05) is 0 Å². The first-order valence-electron chi connectivity index (χ1n) is 5.34. The van der Waals surface area contributed by atoms with Crippen LogP contribution in [0.25, 0.3) is 0 Å². The van der Waals surface area contributed by atoms with Crippen LogP contribution in [0.4, 0.5) is 5.13 Å². The molecule has 0 atom stereocenters. The first-order valence-corrected chi connectivity index (χ1v) is 7.37. The first kappa shape index (κ1) is 12.2. The Balaban J connectivity index is 1.83. The zero-order chi connectivity index (χ0) is 11.9. The van der Waals surface area contributed by atoms with E-state index >= 15 is 0 Å².